The first-order chi connectivity index (χ1) is 8.31. The van der Waals surface area contributed by atoms with Gasteiger partial charge in [-0.25, -0.2) is 0 Å². The van der Waals surface area contributed by atoms with Gasteiger partial charge in [0.2, 0.25) is 0 Å². The van der Waals surface area contributed by atoms with Crippen LogP contribution in [0.25, 0.3) is 0 Å². The number of hydrogen-bond acceptors (Lipinski definition) is 3. The molecule has 0 atom stereocenters. The summed E-state index contributed by atoms with van der Waals surface area (Å²) in [7, 11) is 0. The van der Waals surface area contributed by atoms with E-state index in [4.69, 9.17) is 9.47 Å². The van der Waals surface area contributed by atoms with Crippen molar-refractivity contribution in [3.8, 4) is 0 Å². The van der Waals surface area contributed by atoms with Crippen molar-refractivity contribution in [1.29, 1.82) is 0 Å². The molecule has 0 aromatic carbocycles. The lowest BCUT2D eigenvalue weighted by Crippen LogP contribution is -2.10. The van der Waals surface area contributed by atoms with Crippen molar-refractivity contribution in [3.05, 3.63) is 0 Å². The number of esters is 1. The van der Waals surface area contributed by atoms with Gasteiger partial charge in [0.1, 0.15) is 6.61 Å². The molecule has 102 valence electrons. The van der Waals surface area contributed by atoms with Gasteiger partial charge in [0.05, 0.1) is 6.61 Å². The molecular formula is C14H28O3. The molecule has 0 unspecified atom stereocenters. The topological polar surface area (TPSA) is 35.5 Å². The van der Waals surface area contributed by atoms with E-state index in [2.05, 4.69) is 13.8 Å². The number of rotatable bonds is 12. The minimum atomic E-state index is -0.0898. The van der Waals surface area contributed by atoms with Gasteiger partial charge in [-0.1, -0.05) is 46.0 Å². The van der Waals surface area contributed by atoms with Crippen molar-refractivity contribution in [2.45, 2.75) is 65.2 Å². The van der Waals surface area contributed by atoms with Crippen LogP contribution in [0.1, 0.15) is 65.2 Å². The molecule has 0 aromatic heterocycles. The predicted molar refractivity (Wildman–Crippen MR) is 70.1 cm³/mol. The molecule has 0 aliphatic heterocycles. The van der Waals surface area contributed by atoms with Gasteiger partial charge in [-0.15, -0.1) is 0 Å². The first kappa shape index (κ1) is 16.4. The molecule has 0 heterocycles. The van der Waals surface area contributed by atoms with Crippen LogP contribution in [-0.2, 0) is 14.3 Å². The average molecular weight is 244 g/mol. The summed E-state index contributed by atoms with van der Waals surface area (Å²) in [5, 5.41) is 0. The van der Waals surface area contributed by atoms with E-state index in [0.717, 1.165) is 32.3 Å². The van der Waals surface area contributed by atoms with Crippen molar-refractivity contribution in [1.82, 2.24) is 0 Å². The van der Waals surface area contributed by atoms with Crippen LogP contribution in [0.5, 0.6) is 0 Å². The van der Waals surface area contributed by atoms with Crippen LogP contribution < -0.4 is 0 Å². The molecular weight excluding hydrogens is 216 g/mol. The molecule has 0 spiro atoms. The SMILES string of the molecule is CCCCCCOCCOC(=O)CCCCC. The lowest BCUT2D eigenvalue weighted by atomic mass is 10.2. The predicted octanol–water partition coefficient (Wildman–Crippen LogP) is 3.71. The third-order valence-corrected chi connectivity index (χ3v) is 2.62. The van der Waals surface area contributed by atoms with Crippen molar-refractivity contribution in [3.63, 3.8) is 0 Å². The standard InChI is InChI=1S/C14H28O3/c1-3-5-7-9-11-16-12-13-17-14(15)10-8-6-4-2/h3-13H2,1-2H3. The van der Waals surface area contributed by atoms with Gasteiger partial charge in [-0.05, 0) is 12.8 Å². The van der Waals surface area contributed by atoms with Gasteiger partial charge in [0.15, 0.2) is 0 Å². The average Bonchev–Trinajstić information content (AvgIpc) is 2.33. The molecule has 0 aliphatic rings. The fourth-order valence-electron chi connectivity index (χ4n) is 1.54. The minimum absolute atomic E-state index is 0.0898. The normalized spacial score (nSPS) is 10.5. The zero-order valence-corrected chi connectivity index (χ0v) is 11.5. The highest BCUT2D eigenvalue weighted by Crippen LogP contribution is 2.01. The van der Waals surface area contributed by atoms with E-state index in [1.165, 1.54) is 19.3 Å². The Morgan fingerprint density at radius 3 is 2.24 bits per heavy atom. The summed E-state index contributed by atoms with van der Waals surface area (Å²) in [4.78, 5) is 11.2. The highest BCUT2D eigenvalue weighted by Gasteiger charge is 2.01. The van der Waals surface area contributed by atoms with Gasteiger partial charge in [-0.3, -0.25) is 4.79 Å². The Morgan fingerprint density at radius 2 is 1.53 bits per heavy atom. The van der Waals surface area contributed by atoms with Crippen LogP contribution in [0.2, 0.25) is 0 Å². The third-order valence-electron chi connectivity index (χ3n) is 2.62. The Morgan fingerprint density at radius 1 is 0.824 bits per heavy atom. The molecule has 0 rings (SSSR count). The lowest BCUT2D eigenvalue weighted by molar-refractivity contribution is -0.145. The second-order valence-electron chi connectivity index (χ2n) is 4.35. The molecule has 17 heavy (non-hydrogen) atoms. The Kier molecular flexibility index (Phi) is 13.0. The zero-order chi connectivity index (χ0) is 12.8. The van der Waals surface area contributed by atoms with Crippen LogP contribution in [0, 0.1) is 0 Å². The number of ether oxygens (including phenoxy) is 2. The Bertz CT molecular complexity index is 169. The second kappa shape index (κ2) is 13.5. The van der Waals surface area contributed by atoms with Crippen LogP contribution >= 0.6 is 0 Å². The highest BCUT2D eigenvalue weighted by atomic mass is 16.6. The number of carbonyl (C=O) groups excluding carboxylic acids is 1. The van der Waals surface area contributed by atoms with Gasteiger partial charge in [0, 0.05) is 13.0 Å². The number of unbranched alkanes of at least 4 members (excludes halogenated alkanes) is 5. The first-order valence-corrected chi connectivity index (χ1v) is 7.04. The molecule has 0 fully saturated rings. The quantitative estimate of drug-likeness (QED) is 0.388. The van der Waals surface area contributed by atoms with E-state index in [9.17, 15) is 4.79 Å². The van der Waals surface area contributed by atoms with Gasteiger partial charge >= 0.3 is 5.97 Å². The summed E-state index contributed by atoms with van der Waals surface area (Å²) < 4.78 is 10.4. The zero-order valence-electron chi connectivity index (χ0n) is 11.5. The summed E-state index contributed by atoms with van der Waals surface area (Å²) in [6, 6.07) is 0. The molecule has 0 radical (unpaired) electrons. The molecule has 3 nitrogen and oxygen atoms in total. The molecule has 0 N–H and O–H groups in total. The van der Waals surface area contributed by atoms with Gasteiger partial charge in [0.25, 0.3) is 0 Å². The van der Waals surface area contributed by atoms with E-state index in [1.54, 1.807) is 0 Å². The molecule has 0 aromatic rings. The summed E-state index contributed by atoms with van der Waals surface area (Å²) in [6.07, 6.45) is 8.57. The van der Waals surface area contributed by atoms with Crippen LogP contribution in [0.3, 0.4) is 0 Å². The van der Waals surface area contributed by atoms with E-state index in [-0.39, 0.29) is 5.97 Å². The fourth-order valence-corrected chi connectivity index (χ4v) is 1.54. The maximum Gasteiger partial charge on any atom is 0.305 e. The van der Waals surface area contributed by atoms with Gasteiger partial charge in [-0.2, -0.15) is 0 Å². The maximum absolute atomic E-state index is 11.2. The maximum atomic E-state index is 11.2. The summed E-state index contributed by atoms with van der Waals surface area (Å²) in [6.45, 7) is 6.04. The fraction of sp³-hybridized carbons (Fsp3) is 0.929. The van der Waals surface area contributed by atoms with Crippen LogP contribution in [0.4, 0.5) is 0 Å². The number of hydrogen-bond donors (Lipinski definition) is 0. The van der Waals surface area contributed by atoms with Crippen molar-refractivity contribution >= 4 is 5.97 Å². The smallest absolute Gasteiger partial charge is 0.305 e. The second-order valence-corrected chi connectivity index (χ2v) is 4.35. The van der Waals surface area contributed by atoms with E-state index < -0.39 is 0 Å². The third kappa shape index (κ3) is 13.4. The summed E-state index contributed by atoms with van der Waals surface area (Å²) in [5.41, 5.74) is 0. The Balaban J connectivity index is 3.08. The summed E-state index contributed by atoms with van der Waals surface area (Å²) >= 11 is 0. The van der Waals surface area contributed by atoms with Crippen molar-refractivity contribution in [2.24, 2.45) is 0 Å². The number of carbonyl (C=O) groups is 1. The van der Waals surface area contributed by atoms with Crippen LogP contribution in [0.15, 0.2) is 0 Å². The molecule has 0 saturated carbocycles. The molecule has 0 amide bonds. The largest absolute Gasteiger partial charge is 0.463 e. The highest BCUT2D eigenvalue weighted by molar-refractivity contribution is 5.69. The van der Waals surface area contributed by atoms with Crippen molar-refractivity contribution < 1.29 is 14.3 Å². The Labute approximate surface area is 106 Å². The summed E-state index contributed by atoms with van der Waals surface area (Å²) in [5.74, 6) is -0.0898. The first-order valence-electron chi connectivity index (χ1n) is 7.04. The molecule has 0 bridgehead atoms. The van der Waals surface area contributed by atoms with E-state index >= 15 is 0 Å². The van der Waals surface area contributed by atoms with E-state index in [1.807, 2.05) is 0 Å². The Hall–Kier alpha value is -0.570. The molecule has 0 aliphatic carbocycles. The van der Waals surface area contributed by atoms with Crippen LogP contribution in [-0.4, -0.2) is 25.8 Å². The van der Waals surface area contributed by atoms with Gasteiger partial charge < -0.3 is 9.47 Å². The minimum Gasteiger partial charge on any atom is -0.463 e. The molecule has 0 saturated heterocycles. The lowest BCUT2D eigenvalue weighted by Gasteiger charge is -2.05. The van der Waals surface area contributed by atoms with Crippen molar-refractivity contribution in [2.75, 3.05) is 19.8 Å². The molecule has 3 heteroatoms. The monoisotopic (exact) mass is 244 g/mol. The van der Waals surface area contributed by atoms with E-state index in [0.29, 0.717) is 19.6 Å².